The molecule has 6 heteroatoms. The van der Waals surface area contributed by atoms with Crippen LogP contribution in [0.25, 0.3) is 0 Å². The third-order valence-electron chi connectivity index (χ3n) is 3.73. The monoisotopic (exact) mass is 291 g/mol. The van der Waals surface area contributed by atoms with E-state index in [2.05, 4.69) is 11.1 Å². The number of imidazole rings is 1. The number of nitriles is 1. The van der Waals surface area contributed by atoms with E-state index in [4.69, 9.17) is 17.5 Å². The second-order valence-electron chi connectivity index (χ2n) is 4.88. The number of hydrogen-bond donors (Lipinski definition) is 1. The average molecular weight is 291 g/mol. The van der Waals surface area contributed by atoms with Crippen molar-refractivity contribution in [3.05, 3.63) is 51.6 Å². The zero-order chi connectivity index (χ0) is 14.3. The second kappa shape index (κ2) is 4.84. The maximum atomic E-state index is 13.7. The number of benzene rings is 1. The molecule has 3 rings (SSSR count). The second-order valence-corrected chi connectivity index (χ2v) is 5.27. The molecule has 1 N–H and O–H groups in total. The summed E-state index contributed by atoms with van der Waals surface area (Å²) in [6, 6.07) is 4.32. The third kappa shape index (κ3) is 2.04. The van der Waals surface area contributed by atoms with Gasteiger partial charge in [0.1, 0.15) is 23.4 Å². The topological polar surface area (TPSA) is 44.5 Å². The molecule has 0 saturated heterocycles. The van der Waals surface area contributed by atoms with E-state index in [-0.39, 0.29) is 6.04 Å². The first-order valence-electron chi connectivity index (χ1n) is 6.27. The fourth-order valence-electron chi connectivity index (χ4n) is 2.83. The number of aromatic nitrogens is 2. The maximum Gasteiger partial charge on any atom is 0.178 e. The van der Waals surface area contributed by atoms with E-state index in [9.17, 15) is 8.78 Å². The Morgan fingerprint density at radius 2 is 2.20 bits per heavy atom. The summed E-state index contributed by atoms with van der Waals surface area (Å²) in [5.41, 5.74) is 1.68. The lowest BCUT2D eigenvalue weighted by atomic mass is 9.87. The van der Waals surface area contributed by atoms with Crippen LogP contribution in [0.15, 0.2) is 18.3 Å². The number of aromatic amines is 1. The zero-order valence-corrected chi connectivity index (χ0v) is 11.3. The molecule has 0 amide bonds. The summed E-state index contributed by atoms with van der Waals surface area (Å²) in [7, 11) is 0. The minimum atomic E-state index is -0.569. The molecule has 0 radical (unpaired) electrons. The first-order chi connectivity index (χ1) is 9.60. The van der Waals surface area contributed by atoms with Crippen molar-refractivity contribution in [1.82, 2.24) is 9.55 Å². The van der Waals surface area contributed by atoms with Crippen LogP contribution in [0.5, 0.6) is 0 Å². The first-order valence-corrected chi connectivity index (χ1v) is 6.68. The molecule has 20 heavy (non-hydrogen) atoms. The van der Waals surface area contributed by atoms with Gasteiger partial charge < -0.3 is 9.55 Å². The Balaban J connectivity index is 2.03. The van der Waals surface area contributed by atoms with Crippen LogP contribution in [0.1, 0.15) is 29.3 Å². The van der Waals surface area contributed by atoms with Crippen LogP contribution in [0, 0.1) is 27.7 Å². The quantitative estimate of drug-likeness (QED) is 0.818. The van der Waals surface area contributed by atoms with E-state index in [1.807, 2.05) is 0 Å². The van der Waals surface area contributed by atoms with Gasteiger partial charge in [-0.2, -0.15) is 5.26 Å². The molecule has 0 fully saturated rings. The highest BCUT2D eigenvalue weighted by atomic mass is 32.1. The average Bonchev–Trinajstić information content (AvgIpc) is 2.78. The van der Waals surface area contributed by atoms with Crippen molar-refractivity contribution in [2.75, 3.05) is 0 Å². The number of nitrogens with one attached hydrogen (secondary N) is 1. The number of hydrogen-bond acceptors (Lipinski definition) is 2. The molecule has 0 spiro atoms. The van der Waals surface area contributed by atoms with Crippen molar-refractivity contribution in [3.8, 4) is 6.07 Å². The number of halogens is 2. The Morgan fingerprint density at radius 3 is 2.95 bits per heavy atom. The summed E-state index contributed by atoms with van der Waals surface area (Å²) in [6.45, 7) is 0. The van der Waals surface area contributed by atoms with Crippen molar-refractivity contribution in [2.45, 2.75) is 25.3 Å². The molecule has 1 aromatic carbocycles. The molecule has 0 aliphatic heterocycles. The van der Waals surface area contributed by atoms with Crippen molar-refractivity contribution < 1.29 is 8.78 Å². The summed E-state index contributed by atoms with van der Waals surface area (Å²) in [5.74, 6) is -1.06. The largest absolute Gasteiger partial charge is 0.336 e. The van der Waals surface area contributed by atoms with Crippen LogP contribution < -0.4 is 0 Å². The summed E-state index contributed by atoms with van der Waals surface area (Å²) in [6.07, 6.45) is 3.23. The number of nitrogens with zero attached hydrogens (tertiary/aromatic N) is 2. The number of H-pyrrole nitrogens is 1. The molecule has 0 bridgehead atoms. The maximum absolute atomic E-state index is 13.7. The van der Waals surface area contributed by atoms with Gasteiger partial charge in [0.2, 0.25) is 0 Å². The van der Waals surface area contributed by atoms with Crippen LogP contribution in [-0.2, 0) is 12.8 Å². The Bertz CT molecular complexity index is 770. The standard InChI is InChI=1S/C14H11F2N3S/c15-9-3-8-4-10(1-2-12(8)13(16)5-9)19-11(6-17)7-18-14(19)20/h3,5,7,10H,1-2,4H2,(H,18,20)/t10-/m1/s1. The Kier molecular flexibility index (Phi) is 3.14. The molecular formula is C14H11F2N3S. The zero-order valence-electron chi connectivity index (χ0n) is 10.5. The highest BCUT2D eigenvalue weighted by Crippen LogP contribution is 2.32. The predicted octanol–water partition coefficient (Wildman–Crippen LogP) is 3.43. The predicted molar refractivity (Wildman–Crippen MR) is 71.8 cm³/mol. The molecule has 1 heterocycles. The number of rotatable bonds is 1. The molecule has 1 aliphatic carbocycles. The van der Waals surface area contributed by atoms with Crippen molar-refractivity contribution in [3.63, 3.8) is 0 Å². The molecule has 1 atom stereocenters. The van der Waals surface area contributed by atoms with Gasteiger partial charge in [-0.15, -0.1) is 0 Å². The summed E-state index contributed by atoms with van der Waals surface area (Å²) in [4.78, 5) is 2.84. The first kappa shape index (κ1) is 13.0. The van der Waals surface area contributed by atoms with Crippen LogP contribution in [0.2, 0.25) is 0 Å². The summed E-state index contributed by atoms with van der Waals surface area (Å²) in [5, 5.41) is 9.09. The van der Waals surface area contributed by atoms with E-state index in [1.54, 1.807) is 10.8 Å². The van der Waals surface area contributed by atoms with E-state index in [0.717, 1.165) is 6.07 Å². The fourth-order valence-corrected chi connectivity index (χ4v) is 3.14. The van der Waals surface area contributed by atoms with Gasteiger partial charge in [0.25, 0.3) is 0 Å². The SMILES string of the molecule is N#Cc1c[nH]c(=S)n1[C@@H]1CCc2c(F)cc(F)cc2C1. The summed E-state index contributed by atoms with van der Waals surface area (Å²) < 4.78 is 29.2. The molecule has 0 saturated carbocycles. The Morgan fingerprint density at radius 1 is 1.40 bits per heavy atom. The van der Waals surface area contributed by atoms with Crippen LogP contribution in [0.3, 0.4) is 0 Å². The van der Waals surface area contributed by atoms with Crippen molar-refractivity contribution in [1.29, 1.82) is 5.26 Å². The molecule has 0 unspecified atom stereocenters. The normalized spacial score (nSPS) is 17.6. The fraction of sp³-hybridized carbons (Fsp3) is 0.286. The van der Waals surface area contributed by atoms with Crippen LogP contribution in [0.4, 0.5) is 8.78 Å². The highest BCUT2D eigenvalue weighted by Gasteiger charge is 2.25. The molecule has 1 aromatic heterocycles. The van der Waals surface area contributed by atoms with Gasteiger partial charge in [-0.05, 0) is 48.7 Å². The lowest BCUT2D eigenvalue weighted by Crippen LogP contribution is -2.21. The Labute approximate surface area is 119 Å². The molecule has 1 aliphatic rings. The van der Waals surface area contributed by atoms with Gasteiger partial charge in [0.15, 0.2) is 4.77 Å². The molecular weight excluding hydrogens is 280 g/mol. The lowest BCUT2D eigenvalue weighted by molar-refractivity contribution is 0.423. The van der Waals surface area contributed by atoms with E-state index in [1.165, 1.54) is 6.07 Å². The van der Waals surface area contributed by atoms with Gasteiger partial charge in [-0.25, -0.2) is 8.78 Å². The van der Waals surface area contributed by atoms with E-state index >= 15 is 0 Å². The van der Waals surface area contributed by atoms with Crippen LogP contribution in [-0.4, -0.2) is 9.55 Å². The molecule has 2 aromatic rings. The van der Waals surface area contributed by atoms with Gasteiger partial charge >= 0.3 is 0 Å². The van der Waals surface area contributed by atoms with E-state index < -0.39 is 11.6 Å². The van der Waals surface area contributed by atoms with Gasteiger partial charge in [-0.3, -0.25) is 0 Å². The van der Waals surface area contributed by atoms with E-state index in [0.29, 0.717) is 40.9 Å². The lowest BCUT2D eigenvalue weighted by Gasteiger charge is -2.26. The smallest absolute Gasteiger partial charge is 0.178 e. The van der Waals surface area contributed by atoms with Gasteiger partial charge in [0, 0.05) is 18.3 Å². The van der Waals surface area contributed by atoms with Crippen molar-refractivity contribution >= 4 is 12.2 Å². The molecule has 102 valence electrons. The third-order valence-corrected chi connectivity index (χ3v) is 4.04. The Hall–Kier alpha value is -2.00. The minimum Gasteiger partial charge on any atom is -0.336 e. The van der Waals surface area contributed by atoms with Gasteiger partial charge in [0.05, 0.1) is 0 Å². The molecule has 3 nitrogen and oxygen atoms in total. The summed E-state index contributed by atoms with van der Waals surface area (Å²) >= 11 is 5.18. The number of fused-ring (bicyclic) bond motifs is 1. The van der Waals surface area contributed by atoms with Crippen LogP contribution >= 0.6 is 12.2 Å². The van der Waals surface area contributed by atoms with Crippen molar-refractivity contribution in [2.24, 2.45) is 0 Å². The highest BCUT2D eigenvalue weighted by molar-refractivity contribution is 7.71. The van der Waals surface area contributed by atoms with Gasteiger partial charge in [-0.1, -0.05) is 0 Å². The minimum absolute atomic E-state index is 0.0444.